The number of carbonyl (C=O) groups is 1. The molecular formula is C18H17N3O4S2. The number of para-hydroxylation sites is 1. The molecule has 1 aromatic heterocycles. The Hall–Kier alpha value is -2.91. The summed E-state index contributed by atoms with van der Waals surface area (Å²) in [6.45, 7) is 0.269. The number of thiazole rings is 1. The van der Waals surface area contributed by atoms with Crippen molar-refractivity contribution >= 4 is 32.4 Å². The van der Waals surface area contributed by atoms with Crippen LogP contribution in [0.25, 0.3) is 0 Å². The van der Waals surface area contributed by atoms with Crippen LogP contribution in [0.5, 0.6) is 5.75 Å². The number of hydrogen-bond acceptors (Lipinski definition) is 6. The zero-order valence-electron chi connectivity index (χ0n) is 14.4. The summed E-state index contributed by atoms with van der Waals surface area (Å²) in [6.07, 6.45) is 0. The summed E-state index contributed by atoms with van der Waals surface area (Å²) < 4.78 is 32.2. The smallest absolute Gasteiger partial charge is 0.271 e. The van der Waals surface area contributed by atoms with E-state index < -0.39 is 15.9 Å². The van der Waals surface area contributed by atoms with E-state index in [4.69, 9.17) is 4.74 Å². The molecule has 140 valence electrons. The van der Waals surface area contributed by atoms with Crippen molar-refractivity contribution in [2.24, 2.45) is 0 Å². The maximum absolute atomic E-state index is 12.3. The van der Waals surface area contributed by atoms with Gasteiger partial charge < -0.3 is 10.1 Å². The predicted molar refractivity (Wildman–Crippen MR) is 104 cm³/mol. The minimum Gasteiger partial charge on any atom is -0.496 e. The zero-order chi connectivity index (χ0) is 19.3. The van der Waals surface area contributed by atoms with Gasteiger partial charge in [-0.25, -0.2) is 13.4 Å². The number of carbonyl (C=O) groups excluding carboxylic acids is 1. The summed E-state index contributed by atoms with van der Waals surface area (Å²) in [5, 5.41) is 4.37. The van der Waals surface area contributed by atoms with Crippen molar-refractivity contribution in [1.82, 2.24) is 10.3 Å². The molecule has 0 aliphatic carbocycles. The Morgan fingerprint density at radius 2 is 1.81 bits per heavy atom. The van der Waals surface area contributed by atoms with E-state index in [2.05, 4.69) is 15.0 Å². The fourth-order valence-electron chi connectivity index (χ4n) is 2.31. The number of nitrogens with zero attached hydrogens (tertiary/aromatic N) is 1. The summed E-state index contributed by atoms with van der Waals surface area (Å²) in [5.41, 5.74) is 0.967. The maximum atomic E-state index is 12.3. The van der Waals surface area contributed by atoms with E-state index in [-0.39, 0.29) is 22.3 Å². The van der Waals surface area contributed by atoms with Crippen LogP contribution in [-0.4, -0.2) is 26.4 Å². The molecule has 0 spiro atoms. The third kappa shape index (κ3) is 4.63. The van der Waals surface area contributed by atoms with Crippen molar-refractivity contribution < 1.29 is 17.9 Å². The number of rotatable bonds is 7. The van der Waals surface area contributed by atoms with E-state index in [0.717, 1.165) is 16.9 Å². The molecule has 27 heavy (non-hydrogen) atoms. The number of hydrogen-bond donors (Lipinski definition) is 2. The minimum absolute atomic E-state index is 0.126. The van der Waals surface area contributed by atoms with Crippen molar-refractivity contribution in [2.45, 2.75) is 11.4 Å². The standard InChI is InChI=1S/C18H17N3O4S2/c1-25-16-10-6-5-7-13(16)11-19-17(22)15-12-26-18(20-15)21-27(23,24)14-8-3-2-4-9-14/h2-10,12H,11H2,1H3,(H,19,22)(H,20,21). The summed E-state index contributed by atoms with van der Waals surface area (Å²) >= 11 is 1.04. The third-order valence-electron chi connectivity index (χ3n) is 3.64. The molecule has 0 bridgehead atoms. The topological polar surface area (TPSA) is 97.4 Å². The predicted octanol–water partition coefficient (Wildman–Crippen LogP) is 2.88. The molecule has 0 saturated heterocycles. The van der Waals surface area contributed by atoms with Gasteiger partial charge in [-0.15, -0.1) is 11.3 Å². The van der Waals surface area contributed by atoms with E-state index in [9.17, 15) is 13.2 Å². The number of benzene rings is 2. The van der Waals surface area contributed by atoms with Crippen molar-refractivity contribution in [2.75, 3.05) is 11.8 Å². The second-order valence-electron chi connectivity index (χ2n) is 5.45. The van der Waals surface area contributed by atoms with Crippen molar-refractivity contribution in [1.29, 1.82) is 0 Å². The number of aromatic nitrogens is 1. The van der Waals surface area contributed by atoms with Gasteiger partial charge in [0.25, 0.3) is 15.9 Å². The van der Waals surface area contributed by atoms with Crippen LogP contribution >= 0.6 is 11.3 Å². The van der Waals surface area contributed by atoms with Crippen LogP contribution in [0.3, 0.4) is 0 Å². The highest BCUT2D eigenvalue weighted by Crippen LogP contribution is 2.21. The van der Waals surface area contributed by atoms with Crippen LogP contribution in [0.4, 0.5) is 5.13 Å². The van der Waals surface area contributed by atoms with Crippen LogP contribution in [0.15, 0.2) is 64.9 Å². The van der Waals surface area contributed by atoms with Crippen LogP contribution in [0.1, 0.15) is 16.1 Å². The number of anilines is 1. The first-order valence-electron chi connectivity index (χ1n) is 7.93. The average Bonchev–Trinajstić information content (AvgIpc) is 3.15. The van der Waals surface area contributed by atoms with Crippen molar-refractivity contribution in [3.63, 3.8) is 0 Å². The molecule has 0 aliphatic rings. The van der Waals surface area contributed by atoms with E-state index in [1.54, 1.807) is 31.4 Å². The highest BCUT2D eigenvalue weighted by atomic mass is 32.2. The Morgan fingerprint density at radius 3 is 2.56 bits per heavy atom. The summed E-state index contributed by atoms with van der Waals surface area (Å²) in [6, 6.07) is 15.3. The largest absolute Gasteiger partial charge is 0.496 e. The van der Waals surface area contributed by atoms with Crippen LogP contribution < -0.4 is 14.8 Å². The lowest BCUT2D eigenvalue weighted by Gasteiger charge is -2.08. The number of ether oxygens (including phenoxy) is 1. The van der Waals surface area contributed by atoms with Gasteiger partial charge in [0.1, 0.15) is 11.4 Å². The van der Waals surface area contributed by atoms with Gasteiger partial charge in [0, 0.05) is 17.5 Å². The van der Waals surface area contributed by atoms with Gasteiger partial charge in [-0.1, -0.05) is 36.4 Å². The van der Waals surface area contributed by atoms with Gasteiger partial charge in [-0.3, -0.25) is 9.52 Å². The molecule has 1 heterocycles. The van der Waals surface area contributed by atoms with Gasteiger partial charge in [-0.05, 0) is 18.2 Å². The van der Waals surface area contributed by atoms with Gasteiger partial charge in [0.15, 0.2) is 5.13 Å². The monoisotopic (exact) mass is 403 g/mol. The fraction of sp³-hybridized carbons (Fsp3) is 0.111. The average molecular weight is 403 g/mol. The minimum atomic E-state index is -3.74. The summed E-state index contributed by atoms with van der Waals surface area (Å²) in [5.74, 6) is 0.273. The lowest BCUT2D eigenvalue weighted by Crippen LogP contribution is -2.23. The van der Waals surface area contributed by atoms with Crippen LogP contribution in [-0.2, 0) is 16.6 Å². The Balaban J connectivity index is 1.66. The van der Waals surface area contributed by atoms with Crippen LogP contribution in [0, 0.1) is 0 Å². The molecule has 0 unspecified atom stereocenters. The second-order valence-corrected chi connectivity index (χ2v) is 7.99. The zero-order valence-corrected chi connectivity index (χ0v) is 16.0. The van der Waals surface area contributed by atoms with E-state index in [0.29, 0.717) is 5.75 Å². The van der Waals surface area contributed by atoms with Crippen molar-refractivity contribution in [3.8, 4) is 5.75 Å². The summed E-state index contributed by atoms with van der Waals surface area (Å²) in [4.78, 5) is 16.5. The Morgan fingerprint density at radius 1 is 1.11 bits per heavy atom. The fourth-order valence-corrected chi connectivity index (χ4v) is 4.28. The van der Waals surface area contributed by atoms with Crippen LogP contribution in [0.2, 0.25) is 0 Å². The quantitative estimate of drug-likeness (QED) is 0.632. The molecule has 2 N–H and O–H groups in total. The molecule has 3 aromatic rings. The van der Waals surface area contributed by atoms with E-state index in [1.165, 1.54) is 17.5 Å². The molecule has 0 radical (unpaired) electrons. The molecule has 3 rings (SSSR count). The molecule has 0 saturated carbocycles. The van der Waals surface area contributed by atoms with Crippen molar-refractivity contribution in [3.05, 3.63) is 71.2 Å². The molecule has 2 aromatic carbocycles. The SMILES string of the molecule is COc1ccccc1CNC(=O)c1csc(NS(=O)(=O)c2ccccc2)n1. The second kappa shape index (κ2) is 8.19. The van der Waals surface area contributed by atoms with Gasteiger partial charge in [0.2, 0.25) is 0 Å². The number of amides is 1. The van der Waals surface area contributed by atoms with Gasteiger partial charge >= 0.3 is 0 Å². The van der Waals surface area contributed by atoms with E-state index in [1.807, 2.05) is 18.2 Å². The first-order valence-corrected chi connectivity index (χ1v) is 10.3. The Bertz CT molecular complexity index is 1030. The van der Waals surface area contributed by atoms with E-state index >= 15 is 0 Å². The summed E-state index contributed by atoms with van der Waals surface area (Å²) in [7, 11) is -2.18. The Labute approximate surface area is 161 Å². The molecule has 9 heteroatoms. The molecular weight excluding hydrogens is 386 g/mol. The molecule has 1 amide bonds. The molecule has 7 nitrogen and oxygen atoms in total. The number of sulfonamides is 1. The highest BCUT2D eigenvalue weighted by Gasteiger charge is 2.17. The number of nitrogens with one attached hydrogen (secondary N) is 2. The molecule has 0 atom stereocenters. The third-order valence-corrected chi connectivity index (χ3v) is 5.89. The van der Waals surface area contributed by atoms with Gasteiger partial charge in [0.05, 0.1) is 12.0 Å². The highest BCUT2D eigenvalue weighted by molar-refractivity contribution is 7.93. The molecule has 0 aliphatic heterocycles. The lowest BCUT2D eigenvalue weighted by atomic mass is 10.2. The maximum Gasteiger partial charge on any atom is 0.271 e. The van der Waals surface area contributed by atoms with Gasteiger partial charge in [-0.2, -0.15) is 0 Å². The Kier molecular flexibility index (Phi) is 5.72. The normalized spacial score (nSPS) is 11.0. The number of methoxy groups -OCH3 is 1. The lowest BCUT2D eigenvalue weighted by molar-refractivity contribution is 0.0946. The first-order chi connectivity index (χ1) is 13.0. The first kappa shape index (κ1) is 18.9. The molecule has 0 fully saturated rings.